The number of ketones is 1. The number of carbonyl (C=O) groups excluding carboxylic acids is 1. The lowest BCUT2D eigenvalue weighted by molar-refractivity contribution is -0.116. The number of halogens is 2. The van der Waals surface area contributed by atoms with Crippen LogP contribution >= 0.6 is 0 Å². The number of carbonyl (C=O) groups is 1. The van der Waals surface area contributed by atoms with Crippen molar-refractivity contribution in [2.75, 3.05) is 0 Å². The van der Waals surface area contributed by atoms with Crippen LogP contribution in [0.3, 0.4) is 0 Å². The summed E-state index contributed by atoms with van der Waals surface area (Å²) in [7, 11) is 0. The van der Waals surface area contributed by atoms with Crippen molar-refractivity contribution in [3.8, 4) is 16.9 Å². The van der Waals surface area contributed by atoms with E-state index in [0.29, 0.717) is 33.6 Å². The van der Waals surface area contributed by atoms with Crippen LogP contribution in [0.2, 0.25) is 0 Å². The normalized spacial score (nSPS) is 11.1. The molecule has 6 heteroatoms. The van der Waals surface area contributed by atoms with Crippen molar-refractivity contribution in [3.63, 3.8) is 0 Å². The Kier molecular flexibility index (Phi) is 5.82. The molecule has 0 amide bonds. The van der Waals surface area contributed by atoms with Gasteiger partial charge in [-0.05, 0) is 36.8 Å². The molecule has 4 nitrogen and oxygen atoms in total. The molecule has 4 aromatic rings. The standard InChI is InChI=1S/C25H21F2NO3/c1-15(29)9-17-5-6-20(26)12-23(17)31-14-16-10-18-7-8-30-25(18)22(11-16)21-4-2-3-19(13-28)24(21)27/h2-8,10-12H,9,13-14,28H2,1H3. The highest BCUT2D eigenvalue weighted by Crippen LogP contribution is 2.34. The Balaban J connectivity index is 1.71. The van der Waals surface area contributed by atoms with E-state index in [0.717, 1.165) is 10.9 Å². The van der Waals surface area contributed by atoms with E-state index in [1.165, 1.54) is 19.1 Å². The molecule has 158 valence electrons. The number of ether oxygens (including phenoxy) is 1. The van der Waals surface area contributed by atoms with Crippen molar-refractivity contribution in [2.45, 2.75) is 26.5 Å². The van der Waals surface area contributed by atoms with E-state index in [2.05, 4.69) is 0 Å². The van der Waals surface area contributed by atoms with Crippen LogP contribution in [0.1, 0.15) is 23.6 Å². The maximum absolute atomic E-state index is 15.0. The van der Waals surface area contributed by atoms with Gasteiger partial charge in [0.2, 0.25) is 0 Å². The van der Waals surface area contributed by atoms with Crippen molar-refractivity contribution >= 4 is 16.8 Å². The van der Waals surface area contributed by atoms with Gasteiger partial charge in [0.1, 0.15) is 35.4 Å². The van der Waals surface area contributed by atoms with Crippen LogP contribution in [0.5, 0.6) is 5.75 Å². The van der Waals surface area contributed by atoms with Crippen molar-refractivity contribution in [3.05, 3.63) is 89.2 Å². The molecule has 3 aromatic carbocycles. The lowest BCUT2D eigenvalue weighted by Crippen LogP contribution is -2.04. The summed E-state index contributed by atoms with van der Waals surface area (Å²) in [6.45, 7) is 1.67. The maximum atomic E-state index is 15.0. The van der Waals surface area contributed by atoms with Crippen LogP contribution in [0, 0.1) is 11.6 Å². The van der Waals surface area contributed by atoms with Gasteiger partial charge in [-0.2, -0.15) is 0 Å². The highest BCUT2D eigenvalue weighted by Gasteiger charge is 2.16. The number of furan rings is 1. The second kappa shape index (κ2) is 8.70. The zero-order valence-corrected chi connectivity index (χ0v) is 17.0. The van der Waals surface area contributed by atoms with Crippen LogP contribution < -0.4 is 10.5 Å². The van der Waals surface area contributed by atoms with Gasteiger partial charge in [-0.25, -0.2) is 8.78 Å². The van der Waals surface area contributed by atoms with E-state index in [4.69, 9.17) is 14.9 Å². The van der Waals surface area contributed by atoms with Crippen molar-refractivity contribution in [2.24, 2.45) is 5.73 Å². The smallest absolute Gasteiger partial charge is 0.141 e. The first-order chi connectivity index (χ1) is 15.0. The molecule has 4 rings (SSSR count). The molecule has 0 radical (unpaired) electrons. The Morgan fingerprint density at radius 2 is 1.87 bits per heavy atom. The molecule has 0 bridgehead atoms. The summed E-state index contributed by atoms with van der Waals surface area (Å²) >= 11 is 0. The summed E-state index contributed by atoms with van der Waals surface area (Å²) in [5.41, 5.74) is 8.94. The second-order valence-corrected chi connectivity index (χ2v) is 7.38. The molecule has 2 N–H and O–H groups in total. The first kappa shape index (κ1) is 20.8. The molecular formula is C25H21F2NO3. The van der Waals surface area contributed by atoms with E-state index >= 15 is 0 Å². The summed E-state index contributed by atoms with van der Waals surface area (Å²) in [5.74, 6) is -0.585. The maximum Gasteiger partial charge on any atom is 0.141 e. The molecule has 0 saturated heterocycles. The van der Waals surface area contributed by atoms with Gasteiger partial charge in [0.05, 0.1) is 6.26 Å². The molecule has 0 aliphatic rings. The molecular weight excluding hydrogens is 400 g/mol. The van der Waals surface area contributed by atoms with Gasteiger partial charge in [-0.3, -0.25) is 4.79 Å². The third-order valence-corrected chi connectivity index (χ3v) is 5.06. The van der Waals surface area contributed by atoms with Gasteiger partial charge in [-0.1, -0.05) is 24.3 Å². The second-order valence-electron chi connectivity index (χ2n) is 7.38. The lowest BCUT2D eigenvalue weighted by Gasteiger charge is -2.13. The molecule has 0 aliphatic carbocycles. The average Bonchev–Trinajstić information content (AvgIpc) is 3.22. The fourth-order valence-electron chi connectivity index (χ4n) is 3.61. The monoisotopic (exact) mass is 421 g/mol. The third-order valence-electron chi connectivity index (χ3n) is 5.06. The number of hydrogen-bond donors (Lipinski definition) is 1. The summed E-state index contributed by atoms with van der Waals surface area (Å²) in [6.07, 6.45) is 1.69. The summed E-state index contributed by atoms with van der Waals surface area (Å²) in [6, 6.07) is 14.6. The van der Waals surface area contributed by atoms with Crippen LogP contribution in [0.25, 0.3) is 22.1 Å². The Hall–Kier alpha value is -3.51. The zero-order valence-electron chi connectivity index (χ0n) is 17.0. The van der Waals surface area contributed by atoms with Gasteiger partial charge in [-0.15, -0.1) is 0 Å². The quantitative estimate of drug-likeness (QED) is 0.425. The Bertz CT molecular complexity index is 1260. The zero-order chi connectivity index (χ0) is 22.0. The molecule has 0 aliphatic heterocycles. The van der Waals surface area contributed by atoms with Gasteiger partial charge < -0.3 is 14.9 Å². The minimum atomic E-state index is -0.450. The molecule has 0 saturated carbocycles. The number of Topliss-reactive ketones (excluding diaryl/α,β-unsaturated/α-hetero) is 1. The minimum Gasteiger partial charge on any atom is -0.489 e. The third kappa shape index (κ3) is 4.34. The van der Waals surface area contributed by atoms with Gasteiger partial charge >= 0.3 is 0 Å². The van der Waals surface area contributed by atoms with Crippen molar-refractivity contribution in [1.29, 1.82) is 0 Å². The van der Waals surface area contributed by atoms with Crippen LogP contribution in [0.15, 0.2) is 65.3 Å². The number of rotatable bonds is 7. The Morgan fingerprint density at radius 1 is 1.03 bits per heavy atom. The predicted octanol–water partition coefficient (Wildman–Crippen LogP) is 5.55. The van der Waals surface area contributed by atoms with Gasteiger partial charge in [0, 0.05) is 46.7 Å². The van der Waals surface area contributed by atoms with Gasteiger partial charge in [0.25, 0.3) is 0 Å². The predicted molar refractivity (Wildman–Crippen MR) is 115 cm³/mol. The molecule has 0 fully saturated rings. The fourth-order valence-corrected chi connectivity index (χ4v) is 3.61. The molecule has 1 heterocycles. The van der Waals surface area contributed by atoms with Crippen molar-refractivity contribution < 1.29 is 22.7 Å². The SMILES string of the molecule is CC(=O)Cc1ccc(F)cc1OCc1cc(-c2cccc(CN)c2F)c2occc2c1. The summed E-state index contributed by atoms with van der Waals surface area (Å²) in [5, 5.41) is 0.789. The highest BCUT2D eigenvalue weighted by atomic mass is 19.1. The van der Waals surface area contributed by atoms with Gasteiger partial charge in [0.15, 0.2) is 0 Å². The molecule has 0 atom stereocenters. The molecule has 0 unspecified atom stereocenters. The highest BCUT2D eigenvalue weighted by molar-refractivity contribution is 5.93. The first-order valence-corrected chi connectivity index (χ1v) is 9.85. The summed E-state index contributed by atoms with van der Waals surface area (Å²) in [4.78, 5) is 11.5. The number of fused-ring (bicyclic) bond motifs is 1. The fraction of sp³-hybridized carbons (Fsp3) is 0.160. The van der Waals surface area contributed by atoms with Crippen LogP contribution in [0.4, 0.5) is 8.78 Å². The molecule has 1 aromatic heterocycles. The number of nitrogens with two attached hydrogens (primary N) is 1. The largest absolute Gasteiger partial charge is 0.489 e. The minimum absolute atomic E-state index is 0.0474. The van der Waals surface area contributed by atoms with E-state index in [1.807, 2.05) is 6.07 Å². The Labute approximate surface area is 178 Å². The Morgan fingerprint density at radius 3 is 2.65 bits per heavy atom. The molecule has 31 heavy (non-hydrogen) atoms. The van der Waals surface area contributed by atoms with Crippen LogP contribution in [-0.2, 0) is 24.4 Å². The van der Waals surface area contributed by atoms with E-state index in [9.17, 15) is 13.6 Å². The lowest BCUT2D eigenvalue weighted by atomic mass is 9.98. The van der Waals surface area contributed by atoms with E-state index in [1.54, 1.807) is 42.7 Å². The van der Waals surface area contributed by atoms with Crippen molar-refractivity contribution in [1.82, 2.24) is 0 Å². The first-order valence-electron chi connectivity index (χ1n) is 9.85. The topological polar surface area (TPSA) is 65.5 Å². The van der Waals surface area contributed by atoms with Crippen LogP contribution in [-0.4, -0.2) is 5.78 Å². The molecule has 0 spiro atoms. The summed E-state index contributed by atoms with van der Waals surface area (Å²) < 4.78 is 40.2. The number of benzene rings is 3. The van der Waals surface area contributed by atoms with E-state index in [-0.39, 0.29) is 25.4 Å². The van der Waals surface area contributed by atoms with E-state index < -0.39 is 11.6 Å². The number of hydrogen-bond acceptors (Lipinski definition) is 4. The average molecular weight is 421 g/mol.